The van der Waals surface area contributed by atoms with Crippen LogP contribution in [0.2, 0.25) is 0 Å². The van der Waals surface area contributed by atoms with E-state index in [2.05, 4.69) is 10.0 Å². The van der Waals surface area contributed by atoms with E-state index in [0.717, 1.165) is 25.7 Å². The highest BCUT2D eigenvalue weighted by Crippen LogP contribution is 2.31. The smallest absolute Gasteiger partial charge is 0.0718 e. The summed E-state index contributed by atoms with van der Waals surface area (Å²) in [6.07, 6.45) is 5.02. The molecule has 0 spiro atoms. The van der Waals surface area contributed by atoms with Crippen LogP contribution in [0.15, 0.2) is 5.11 Å². The van der Waals surface area contributed by atoms with Crippen molar-refractivity contribution in [2.45, 2.75) is 37.6 Å². The first-order valence-corrected chi connectivity index (χ1v) is 4.00. The second-order valence-corrected chi connectivity index (χ2v) is 3.13. The van der Waals surface area contributed by atoms with Crippen LogP contribution in [0.25, 0.3) is 10.4 Å². The highest BCUT2D eigenvalue weighted by Gasteiger charge is 2.29. The van der Waals surface area contributed by atoms with Crippen molar-refractivity contribution in [3.8, 4) is 0 Å². The molecule has 0 aliphatic heterocycles. The summed E-state index contributed by atoms with van der Waals surface area (Å²) >= 11 is 0. The van der Waals surface area contributed by atoms with E-state index in [9.17, 15) is 0 Å². The Kier molecular flexibility index (Phi) is 2.74. The van der Waals surface area contributed by atoms with Crippen molar-refractivity contribution >= 4 is 0 Å². The average molecular weight is 155 g/mol. The lowest BCUT2D eigenvalue weighted by Gasteiger charge is -2.30. The van der Waals surface area contributed by atoms with Gasteiger partial charge in [0.2, 0.25) is 0 Å². The molecule has 0 saturated heterocycles. The molecule has 0 amide bonds. The van der Waals surface area contributed by atoms with E-state index in [1.165, 1.54) is 6.42 Å². The molecule has 1 N–H and O–H groups in total. The fraction of sp³-hybridized carbons (Fsp3) is 1.00. The minimum absolute atomic E-state index is 0.00292. The first kappa shape index (κ1) is 8.37. The average Bonchev–Trinajstić information content (AvgIpc) is 2.07. The van der Waals surface area contributed by atoms with Crippen LogP contribution >= 0.6 is 0 Å². The van der Waals surface area contributed by atoms with Crippen LogP contribution in [0.4, 0.5) is 0 Å². The summed E-state index contributed by atoms with van der Waals surface area (Å²) in [6, 6.07) is 0. The normalized spacial score (nSPS) is 22.3. The van der Waals surface area contributed by atoms with E-state index < -0.39 is 5.54 Å². The maximum Gasteiger partial charge on any atom is 0.0718 e. The van der Waals surface area contributed by atoms with Gasteiger partial charge < -0.3 is 5.11 Å². The number of azide groups is 1. The van der Waals surface area contributed by atoms with Gasteiger partial charge in [-0.15, -0.1) is 0 Å². The van der Waals surface area contributed by atoms with Gasteiger partial charge in [0, 0.05) is 4.91 Å². The Morgan fingerprint density at radius 3 is 2.45 bits per heavy atom. The molecule has 4 heteroatoms. The van der Waals surface area contributed by atoms with Crippen molar-refractivity contribution < 1.29 is 5.11 Å². The minimum atomic E-state index is -0.465. The van der Waals surface area contributed by atoms with Gasteiger partial charge in [-0.1, -0.05) is 24.4 Å². The lowest BCUT2D eigenvalue weighted by molar-refractivity contribution is 0.157. The molecule has 0 unspecified atom stereocenters. The fourth-order valence-electron chi connectivity index (χ4n) is 1.59. The summed E-state index contributed by atoms with van der Waals surface area (Å²) in [5, 5.41) is 12.7. The van der Waals surface area contributed by atoms with Gasteiger partial charge in [-0.3, -0.25) is 0 Å². The SMILES string of the molecule is [N-]=[N+]=NC1(CO)CCCCC1. The van der Waals surface area contributed by atoms with Crippen LogP contribution in [0.3, 0.4) is 0 Å². The monoisotopic (exact) mass is 155 g/mol. The maximum atomic E-state index is 9.01. The van der Waals surface area contributed by atoms with Crippen LogP contribution in [0, 0.1) is 0 Å². The summed E-state index contributed by atoms with van der Waals surface area (Å²) in [5.74, 6) is 0. The van der Waals surface area contributed by atoms with Gasteiger partial charge in [-0.25, -0.2) is 0 Å². The molecule has 11 heavy (non-hydrogen) atoms. The molecule has 1 fully saturated rings. The van der Waals surface area contributed by atoms with Crippen LogP contribution in [-0.4, -0.2) is 17.3 Å². The quantitative estimate of drug-likeness (QED) is 0.370. The first-order valence-electron chi connectivity index (χ1n) is 4.00. The Labute approximate surface area is 65.9 Å². The van der Waals surface area contributed by atoms with Gasteiger partial charge in [-0.05, 0) is 18.4 Å². The zero-order chi connectivity index (χ0) is 8.16. The van der Waals surface area contributed by atoms with E-state index in [0.29, 0.717) is 0 Å². The van der Waals surface area contributed by atoms with Crippen molar-refractivity contribution in [3.05, 3.63) is 10.4 Å². The Balaban J connectivity index is 2.64. The molecule has 0 radical (unpaired) electrons. The molecular weight excluding hydrogens is 142 g/mol. The van der Waals surface area contributed by atoms with E-state index in [-0.39, 0.29) is 6.61 Å². The molecule has 0 aromatic heterocycles. The topological polar surface area (TPSA) is 69.0 Å². The summed E-state index contributed by atoms with van der Waals surface area (Å²) in [6.45, 7) is -0.00292. The van der Waals surface area contributed by atoms with Crippen molar-refractivity contribution in [1.82, 2.24) is 0 Å². The fourth-order valence-corrected chi connectivity index (χ4v) is 1.59. The predicted molar refractivity (Wildman–Crippen MR) is 42.0 cm³/mol. The number of aliphatic hydroxyl groups excluding tert-OH is 1. The van der Waals surface area contributed by atoms with E-state index >= 15 is 0 Å². The molecule has 1 aliphatic carbocycles. The number of rotatable bonds is 2. The number of aliphatic hydroxyl groups is 1. The van der Waals surface area contributed by atoms with Gasteiger partial charge in [-0.2, -0.15) is 0 Å². The Hall–Kier alpha value is -0.730. The van der Waals surface area contributed by atoms with Gasteiger partial charge in [0.25, 0.3) is 0 Å². The molecule has 0 bridgehead atoms. The van der Waals surface area contributed by atoms with Crippen LogP contribution in [0.1, 0.15) is 32.1 Å². The highest BCUT2D eigenvalue weighted by molar-refractivity contribution is 4.90. The Morgan fingerprint density at radius 1 is 1.36 bits per heavy atom. The third-order valence-electron chi connectivity index (χ3n) is 2.34. The Bertz CT molecular complexity index is 169. The van der Waals surface area contributed by atoms with Crippen molar-refractivity contribution in [1.29, 1.82) is 0 Å². The molecule has 0 atom stereocenters. The van der Waals surface area contributed by atoms with Crippen LogP contribution in [-0.2, 0) is 0 Å². The summed E-state index contributed by atoms with van der Waals surface area (Å²) in [7, 11) is 0. The number of hydrogen-bond donors (Lipinski definition) is 1. The third-order valence-corrected chi connectivity index (χ3v) is 2.34. The molecule has 4 nitrogen and oxygen atoms in total. The molecule has 1 saturated carbocycles. The van der Waals surface area contributed by atoms with Gasteiger partial charge in [0.1, 0.15) is 0 Å². The van der Waals surface area contributed by atoms with Gasteiger partial charge in [0.05, 0.1) is 12.1 Å². The molecule has 0 aromatic rings. The number of nitrogens with zero attached hydrogens (tertiary/aromatic N) is 3. The highest BCUT2D eigenvalue weighted by atomic mass is 16.3. The lowest BCUT2D eigenvalue weighted by atomic mass is 9.83. The Morgan fingerprint density at radius 2 is 2.00 bits per heavy atom. The van der Waals surface area contributed by atoms with E-state index in [4.69, 9.17) is 10.6 Å². The lowest BCUT2D eigenvalue weighted by Crippen LogP contribution is -2.32. The number of hydrogen-bond acceptors (Lipinski definition) is 2. The molecule has 1 aliphatic rings. The van der Waals surface area contributed by atoms with Gasteiger partial charge >= 0.3 is 0 Å². The van der Waals surface area contributed by atoms with Crippen molar-refractivity contribution in [3.63, 3.8) is 0 Å². The standard InChI is InChI=1S/C7H13N3O/c8-10-9-7(6-11)4-2-1-3-5-7/h11H,1-6H2. The summed E-state index contributed by atoms with van der Waals surface area (Å²) in [5.41, 5.74) is 7.80. The largest absolute Gasteiger partial charge is 0.396 e. The van der Waals surface area contributed by atoms with Crippen molar-refractivity contribution in [2.24, 2.45) is 5.11 Å². The molecule has 0 heterocycles. The predicted octanol–water partition coefficient (Wildman–Crippen LogP) is 1.99. The van der Waals surface area contributed by atoms with E-state index in [1.54, 1.807) is 0 Å². The molecule has 62 valence electrons. The zero-order valence-corrected chi connectivity index (χ0v) is 6.53. The van der Waals surface area contributed by atoms with E-state index in [1.807, 2.05) is 0 Å². The summed E-state index contributed by atoms with van der Waals surface area (Å²) < 4.78 is 0. The maximum absolute atomic E-state index is 9.01. The van der Waals surface area contributed by atoms with Gasteiger partial charge in [0.15, 0.2) is 0 Å². The van der Waals surface area contributed by atoms with Crippen LogP contribution in [0.5, 0.6) is 0 Å². The zero-order valence-electron chi connectivity index (χ0n) is 6.53. The molecule has 0 aromatic carbocycles. The third kappa shape index (κ3) is 1.85. The molecule has 1 rings (SSSR count). The second-order valence-electron chi connectivity index (χ2n) is 3.13. The van der Waals surface area contributed by atoms with Crippen LogP contribution < -0.4 is 0 Å². The second kappa shape index (κ2) is 3.60. The molecular formula is C7H13N3O. The minimum Gasteiger partial charge on any atom is -0.396 e. The van der Waals surface area contributed by atoms with Crippen molar-refractivity contribution in [2.75, 3.05) is 6.61 Å². The summed E-state index contributed by atoms with van der Waals surface area (Å²) in [4.78, 5) is 2.77. The first-order chi connectivity index (χ1) is 5.33.